The van der Waals surface area contributed by atoms with Crippen LogP contribution in [0.3, 0.4) is 0 Å². The van der Waals surface area contributed by atoms with E-state index in [1.54, 1.807) is 12.1 Å². The van der Waals surface area contributed by atoms with Crippen LogP contribution in [0, 0.1) is 5.82 Å². The molecule has 3 heteroatoms. The Balaban J connectivity index is 2.07. The minimum Gasteiger partial charge on any atom is -0.387 e. The van der Waals surface area contributed by atoms with Crippen molar-refractivity contribution in [1.29, 1.82) is 0 Å². The summed E-state index contributed by atoms with van der Waals surface area (Å²) in [5, 5.41) is 14.1. The smallest absolute Gasteiger partial charge is 0.123 e. The molecule has 20 heavy (non-hydrogen) atoms. The van der Waals surface area contributed by atoms with Gasteiger partial charge in [0.1, 0.15) is 5.82 Å². The third-order valence-corrected chi connectivity index (χ3v) is 4.45. The first-order chi connectivity index (χ1) is 9.60. The number of nitrogens with one attached hydrogen (secondary N) is 1. The van der Waals surface area contributed by atoms with E-state index in [9.17, 15) is 9.50 Å². The summed E-state index contributed by atoms with van der Waals surface area (Å²) in [5.41, 5.74) is 0.842. The zero-order valence-electron chi connectivity index (χ0n) is 12.5. The van der Waals surface area contributed by atoms with Crippen molar-refractivity contribution in [2.75, 3.05) is 0 Å². The molecule has 112 valence electrons. The number of aliphatic hydroxyl groups excluding tert-OH is 1. The summed E-state index contributed by atoms with van der Waals surface area (Å²) >= 11 is 0. The Hall–Kier alpha value is -0.930. The van der Waals surface area contributed by atoms with Crippen LogP contribution in [0.2, 0.25) is 0 Å². The molecule has 2 N–H and O–H groups in total. The van der Waals surface area contributed by atoms with Crippen molar-refractivity contribution in [2.24, 2.45) is 0 Å². The third kappa shape index (κ3) is 3.39. The molecule has 0 saturated carbocycles. The minimum absolute atomic E-state index is 0.0369. The van der Waals surface area contributed by atoms with Crippen LogP contribution in [-0.2, 0) is 0 Å². The third-order valence-electron chi connectivity index (χ3n) is 4.45. The van der Waals surface area contributed by atoms with Gasteiger partial charge in [-0.1, -0.05) is 38.8 Å². The molecule has 1 aliphatic rings. The van der Waals surface area contributed by atoms with Gasteiger partial charge in [-0.05, 0) is 43.4 Å². The predicted octanol–water partition coefficient (Wildman–Crippen LogP) is 3.95. The highest BCUT2D eigenvalue weighted by atomic mass is 19.1. The van der Waals surface area contributed by atoms with Crippen molar-refractivity contribution in [3.63, 3.8) is 0 Å². The van der Waals surface area contributed by atoms with Gasteiger partial charge in [0, 0.05) is 11.6 Å². The molecule has 2 nitrogen and oxygen atoms in total. The molecule has 2 atom stereocenters. The summed E-state index contributed by atoms with van der Waals surface area (Å²) in [6, 6.07) is 6.35. The molecule has 1 fully saturated rings. The van der Waals surface area contributed by atoms with Crippen molar-refractivity contribution in [3.05, 3.63) is 35.6 Å². The molecule has 1 heterocycles. The van der Waals surface area contributed by atoms with Gasteiger partial charge in [0.15, 0.2) is 0 Å². The first-order valence-electron chi connectivity index (χ1n) is 7.81. The van der Waals surface area contributed by atoms with Crippen LogP contribution in [-0.4, -0.2) is 16.7 Å². The molecule has 0 aromatic heterocycles. The fourth-order valence-corrected chi connectivity index (χ4v) is 3.61. The van der Waals surface area contributed by atoms with Crippen molar-refractivity contribution in [1.82, 2.24) is 5.32 Å². The molecule has 2 rings (SSSR count). The summed E-state index contributed by atoms with van der Waals surface area (Å²) in [6.45, 7) is 4.41. The zero-order valence-corrected chi connectivity index (χ0v) is 12.5. The average molecular weight is 279 g/mol. The summed E-state index contributed by atoms with van der Waals surface area (Å²) in [6.07, 6.45) is 6.02. The summed E-state index contributed by atoms with van der Waals surface area (Å²) in [4.78, 5) is 0. The molecule has 1 unspecified atom stereocenters. The van der Waals surface area contributed by atoms with Crippen LogP contribution in [0.5, 0.6) is 0 Å². The maximum atomic E-state index is 13.3. The lowest BCUT2D eigenvalue weighted by Crippen LogP contribution is -2.44. The lowest BCUT2D eigenvalue weighted by molar-refractivity contribution is 0.126. The van der Waals surface area contributed by atoms with E-state index in [0.717, 1.165) is 38.5 Å². The Bertz CT molecular complexity index is 429. The fourth-order valence-electron chi connectivity index (χ4n) is 3.61. The van der Waals surface area contributed by atoms with E-state index in [1.807, 2.05) is 0 Å². The van der Waals surface area contributed by atoms with Gasteiger partial charge in [-0.15, -0.1) is 0 Å². The molecule has 1 saturated heterocycles. The number of halogens is 1. The van der Waals surface area contributed by atoms with Crippen LogP contribution in [0.1, 0.15) is 64.0 Å². The van der Waals surface area contributed by atoms with E-state index < -0.39 is 6.10 Å². The standard InChI is InChI=1S/C17H26FNO/c1-3-9-17(10-4-2)11-8-15(19-17)16(20)13-6-5-7-14(18)12-13/h5-7,12,15-16,19-20H,3-4,8-11H2,1-2H3/t15?,16-/m0/s1. The average Bonchev–Trinajstić information content (AvgIpc) is 2.83. The molecule has 1 aromatic rings. The molecule has 0 radical (unpaired) electrons. The molecule has 0 aliphatic carbocycles. The number of benzene rings is 1. The Labute approximate surface area is 121 Å². The van der Waals surface area contributed by atoms with E-state index in [2.05, 4.69) is 19.2 Å². The van der Waals surface area contributed by atoms with Gasteiger partial charge in [-0.2, -0.15) is 0 Å². The molecule has 1 aliphatic heterocycles. The lowest BCUT2D eigenvalue weighted by atomic mass is 9.87. The maximum Gasteiger partial charge on any atom is 0.123 e. The number of aliphatic hydroxyl groups is 1. The second-order valence-electron chi connectivity index (χ2n) is 6.07. The summed E-state index contributed by atoms with van der Waals surface area (Å²) < 4.78 is 13.3. The van der Waals surface area contributed by atoms with Gasteiger partial charge in [0.05, 0.1) is 6.10 Å². The van der Waals surface area contributed by atoms with Gasteiger partial charge in [-0.25, -0.2) is 4.39 Å². The number of rotatable bonds is 6. The normalized spacial score (nSPS) is 22.9. The van der Waals surface area contributed by atoms with E-state index in [0.29, 0.717) is 5.56 Å². The SMILES string of the molecule is CCCC1(CCC)CCC([C@@H](O)c2cccc(F)c2)N1. The second kappa shape index (κ2) is 6.68. The Morgan fingerprint density at radius 1 is 1.35 bits per heavy atom. The van der Waals surface area contributed by atoms with Crippen LogP contribution < -0.4 is 5.32 Å². The van der Waals surface area contributed by atoms with Crippen LogP contribution in [0.25, 0.3) is 0 Å². The number of hydrogen-bond donors (Lipinski definition) is 2. The monoisotopic (exact) mass is 279 g/mol. The van der Waals surface area contributed by atoms with Gasteiger partial charge < -0.3 is 10.4 Å². The van der Waals surface area contributed by atoms with Crippen LogP contribution in [0.15, 0.2) is 24.3 Å². The highest BCUT2D eigenvalue weighted by Crippen LogP contribution is 2.36. The zero-order chi connectivity index (χ0) is 14.6. The van der Waals surface area contributed by atoms with Crippen LogP contribution >= 0.6 is 0 Å². The molecular weight excluding hydrogens is 253 g/mol. The van der Waals surface area contributed by atoms with E-state index in [-0.39, 0.29) is 17.4 Å². The van der Waals surface area contributed by atoms with Gasteiger partial charge in [-0.3, -0.25) is 0 Å². The summed E-state index contributed by atoms with van der Waals surface area (Å²) in [5.74, 6) is -0.284. The topological polar surface area (TPSA) is 32.3 Å². The van der Waals surface area contributed by atoms with E-state index >= 15 is 0 Å². The van der Waals surface area contributed by atoms with Gasteiger partial charge in [0.2, 0.25) is 0 Å². The van der Waals surface area contributed by atoms with Gasteiger partial charge in [0.25, 0.3) is 0 Å². The minimum atomic E-state index is -0.624. The predicted molar refractivity (Wildman–Crippen MR) is 80.1 cm³/mol. The first kappa shape index (κ1) is 15.5. The Kier molecular flexibility index (Phi) is 5.17. The first-order valence-corrected chi connectivity index (χ1v) is 7.81. The van der Waals surface area contributed by atoms with E-state index in [4.69, 9.17) is 0 Å². The highest BCUT2D eigenvalue weighted by molar-refractivity contribution is 5.21. The van der Waals surface area contributed by atoms with Crippen molar-refractivity contribution < 1.29 is 9.50 Å². The maximum absolute atomic E-state index is 13.3. The van der Waals surface area contributed by atoms with Crippen molar-refractivity contribution in [2.45, 2.75) is 70.1 Å². The Morgan fingerprint density at radius 2 is 2.05 bits per heavy atom. The van der Waals surface area contributed by atoms with Crippen molar-refractivity contribution >= 4 is 0 Å². The summed E-state index contributed by atoms with van der Waals surface area (Å²) in [7, 11) is 0. The number of hydrogen-bond acceptors (Lipinski definition) is 2. The largest absolute Gasteiger partial charge is 0.387 e. The highest BCUT2D eigenvalue weighted by Gasteiger charge is 2.39. The lowest BCUT2D eigenvalue weighted by Gasteiger charge is -2.31. The molecule has 0 bridgehead atoms. The molecule has 1 aromatic carbocycles. The quantitative estimate of drug-likeness (QED) is 0.826. The Morgan fingerprint density at radius 3 is 2.65 bits per heavy atom. The van der Waals surface area contributed by atoms with Gasteiger partial charge >= 0.3 is 0 Å². The molecule has 0 amide bonds. The van der Waals surface area contributed by atoms with Crippen molar-refractivity contribution in [3.8, 4) is 0 Å². The molecular formula is C17H26FNO. The van der Waals surface area contributed by atoms with Crippen LogP contribution in [0.4, 0.5) is 4.39 Å². The second-order valence-corrected chi connectivity index (χ2v) is 6.07. The molecule has 0 spiro atoms. The van der Waals surface area contributed by atoms with E-state index in [1.165, 1.54) is 12.1 Å². The fraction of sp³-hybridized carbons (Fsp3) is 0.647.